The van der Waals surface area contributed by atoms with Gasteiger partial charge in [-0.3, -0.25) is 5.32 Å². The second-order valence-corrected chi connectivity index (χ2v) is 4.41. The van der Waals surface area contributed by atoms with Gasteiger partial charge in [-0.1, -0.05) is 0 Å². The number of carbonyl (C=O) groups excluding carboxylic acids is 2. The van der Waals surface area contributed by atoms with Crippen LogP contribution in [0.1, 0.15) is 0 Å². The minimum absolute atomic E-state index is 0.825. The monoisotopic (exact) mass is 191 g/mol. The molecule has 1 fully saturated rings. The van der Waals surface area contributed by atoms with Crippen LogP contribution in [0.4, 0.5) is 9.59 Å². The predicted molar refractivity (Wildman–Crippen MR) is 40.8 cm³/mol. The first-order valence-electron chi connectivity index (χ1n) is 2.96. The Bertz CT molecular complexity index is 308. The lowest BCUT2D eigenvalue weighted by Crippen LogP contribution is -2.67. The standard InChI is InChI=1S/C3H6BN3O4S/c1-12(10,11)4-6-2(8)5-3(9)7-4/h1H3,(H3,5,6,7,8,9). The maximum Gasteiger partial charge on any atom is 0.519 e. The molecule has 0 aromatic carbocycles. The number of hydrogen-bond donors (Lipinski definition) is 3. The van der Waals surface area contributed by atoms with Crippen molar-refractivity contribution in [2.45, 2.75) is 0 Å². The molecule has 0 radical (unpaired) electrons. The molecule has 1 aliphatic rings. The summed E-state index contributed by atoms with van der Waals surface area (Å²) in [6.45, 7) is 0. The molecule has 0 unspecified atom stereocenters. The summed E-state index contributed by atoms with van der Waals surface area (Å²) in [7, 11) is -3.50. The van der Waals surface area contributed by atoms with Crippen molar-refractivity contribution >= 4 is 28.0 Å². The van der Waals surface area contributed by atoms with Crippen molar-refractivity contribution in [3.8, 4) is 0 Å². The van der Waals surface area contributed by atoms with E-state index in [9.17, 15) is 18.0 Å². The molecular weight excluding hydrogens is 185 g/mol. The SMILES string of the molecule is CS(=O)(=O)B1NC(=O)NC(=O)N1. The van der Waals surface area contributed by atoms with Crippen LogP contribution in [0.15, 0.2) is 0 Å². The van der Waals surface area contributed by atoms with Crippen LogP contribution in [0, 0.1) is 0 Å². The van der Waals surface area contributed by atoms with E-state index in [-0.39, 0.29) is 0 Å². The van der Waals surface area contributed by atoms with Gasteiger partial charge in [-0.15, -0.1) is 0 Å². The fraction of sp³-hybridized carbons (Fsp3) is 0.333. The predicted octanol–water partition coefficient (Wildman–Crippen LogP) is -1.96. The molecule has 1 rings (SSSR count). The summed E-state index contributed by atoms with van der Waals surface area (Å²) in [5.41, 5.74) is 0. The zero-order valence-corrected chi connectivity index (χ0v) is 6.94. The lowest BCUT2D eigenvalue weighted by molar-refractivity contribution is 0.230. The first kappa shape index (κ1) is 8.85. The Morgan fingerprint density at radius 1 is 1.17 bits per heavy atom. The zero-order chi connectivity index (χ0) is 9.35. The van der Waals surface area contributed by atoms with Crippen molar-refractivity contribution in [1.29, 1.82) is 0 Å². The molecule has 0 aliphatic carbocycles. The lowest BCUT2D eigenvalue weighted by Gasteiger charge is -2.19. The molecule has 0 spiro atoms. The molecule has 0 aromatic rings. The second kappa shape index (κ2) is 2.66. The average molecular weight is 191 g/mol. The van der Waals surface area contributed by atoms with E-state index in [0.29, 0.717) is 0 Å². The van der Waals surface area contributed by atoms with Crippen molar-refractivity contribution in [3.63, 3.8) is 0 Å². The van der Waals surface area contributed by atoms with Crippen molar-refractivity contribution in [2.24, 2.45) is 0 Å². The molecule has 1 aliphatic heterocycles. The van der Waals surface area contributed by atoms with Gasteiger partial charge >= 0.3 is 18.3 Å². The molecule has 1 heterocycles. The van der Waals surface area contributed by atoms with Crippen LogP contribution in [0.3, 0.4) is 0 Å². The lowest BCUT2D eigenvalue weighted by atomic mass is 10.1. The number of rotatable bonds is 1. The largest absolute Gasteiger partial charge is 0.519 e. The van der Waals surface area contributed by atoms with E-state index in [1.165, 1.54) is 0 Å². The third kappa shape index (κ3) is 1.88. The second-order valence-electron chi connectivity index (χ2n) is 2.28. The Kier molecular flexibility index (Phi) is 1.96. The summed E-state index contributed by atoms with van der Waals surface area (Å²) >= 11 is 0. The maximum atomic E-state index is 10.8. The maximum absolute atomic E-state index is 10.8. The van der Waals surface area contributed by atoms with Crippen LogP contribution in [0.5, 0.6) is 0 Å². The van der Waals surface area contributed by atoms with Gasteiger partial charge in [-0.2, -0.15) is 0 Å². The summed E-state index contributed by atoms with van der Waals surface area (Å²) in [5.74, 6) is 0. The number of nitrogens with one attached hydrogen (secondary N) is 3. The molecule has 0 atom stereocenters. The smallest absolute Gasteiger partial charge is 0.348 e. The third-order valence-electron chi connectivity index (χ3n) is 1.18. The summed E-state index contributed by atoms with van der Waals surface area (Å²) in [6, 6.07) is -1.65. The quantitative estimate of drug-likeness (QED) is 0.418. The van der Waals surface area contributed by atoms with Crippen LogP contribution >= 0.6 is 0 Å². The summed E-state index contributed by atoms with van der Waals surface area (Å²) in [6.07, 6.45) is -0.428. The van der Waals surface area contributed by atoms with E-state index in [1.54, 1.807) is 0 Å². The van der Waals surface area contributed by atoms with E-state index in [1.807, 2.05) is 15.8 Å². The molecule has 12 heavy (non-hydrogen) atoms. The van der Waals surface area contributed by atoms with Gasteiger partial charge in [0.15, 0.2) is 9.69 Å². The van der Waals surface area contributed by atoms with Gasteiger partial charge in [0.1, 0.15) is 0 Å². The minimum Gasteiger partial charge on any atom is -0.348 e. The number of carbonyl (C=O) groups is 2. The normalized spacial score (nSPS) is 17.9. The van der Waals surface area contributed by atoms with E-state index >= 15 is 0 Å². The van der Waals surface area contributed by atoms with Crippen LogP contribution in [-0.4, -0.2) is 33.0 Å². The minimum atomic E-state index is -3.50. The molecule has 0 saturated carbocycles. The van der Waals surface area contributed by atoms with Gasteiger partial charge in [-0.05, 0) is 0 Å². The van der Waals surface area contributed by atoms with E-state index in [0.717, 1.165) is 6.26 Å². The molecule has 66 valence electrons. The molecule has 0 bridgehead atoms. The van der Waals surface area contributed by atoms with Crippen molar-refractivity contribution < 1.29 is 18.0 Å². The van der Waals surface area contributed by atoms with Gasteiger partial charge in [0.2, 0.25) is 0 Å². The summed E-state index contributed by atoms with van der Waals surface area (Å²) in [5, 5.41) is 5.85. The summed E-state index contributed by atoms with van der Waals surface area (Å²) in [4.78, 5) is 21.2. The number of amides is 4. The third-order valence-corrected chi connectivity index (χ3v) is 2.27. The van der Waals surface area contributed by atoms with Gasteiger partial charge in [-0.25, -0.2) is 18.0 Å². The number of imide groups is 1. The van der Waals surface area contributed by atoms with Gasteiger partial charge in [0.05, 0.1) is 0 Å². The first-order valence-corrected chi connectivity index (χ1v) is 4.92. The Balaban J connectivity index is 2.82. The number of hydrogen-bond acceptors (Lipinski definition) is 4. The molecule has 7 nitrogen and oxygen atoms in total. The van der Waals surface area contributed by atoms with Gasteiger partial charge in [0.25, 0.3) is 0 Å². The highest BCUT2D eigenvalue weighted by Gasteiger charge is 2.36. The van der Waals surface area contributed by atoms with Crippen LogP contribution < -0.4 is 15.8 Å². The zero-order valence-electron chi connectivity index (χ0n) is 6.12. The first-order chi connectivity index (χ1) is 5.39. The Labute approximate surface area is 68.8 Å². The van der Waals surface area contributed by atoms with Crippen molar-refractivity contribution in [3.05, 3.63) is 0 Å². The molecule has 0 aromatic heterocycles. The van der Waals surface area contributed by atoms with Crippen molar-refractivity contribution in [1.82, 2.24) is 15.8 Å². The molecular formula is C3H6BN3O4S. The highest BCUT2D eigenvalue weighted by atomic mass is 32.2. The van der Waals surface area contributed by atoms with Gasteiger partial charge < -0.3 is 10.5 Å². The van der Waals surface area contributed by atoms with Crippen LogP contribution in [-0.2, 0) is 9.69 Å². The molecule has 1 saturated heterocycles. The Morgan fingerprint density at radius 2 is 1.58 bits per heavy atom. The van der Waals surface area contributed by atoms with Crippen LogP contribution in [0.2, 0.25) is 0 Å². The topological polar surface area (TPSA) is 104 Å². The van der Waals surface area contributed by atoms with Gasteiger partial charge in [0, 0.05) is 6.26 Å². The highest BCUT2D eigenvalue weighted by molar-refractivity contribution is 8.17. The highest BCUT2D eigenvalue weighted by Crippen LogP contribution is 1.89. The van der Waals surface area contributed by atoms with E-state index < -0.39 is 28.0 Å². The fourth-order valence-electron chi connectivity index (χ4n) is 0.664. The molecule has 3 N–H and O–H groups in total. The summed E-state index contributed by atoms with van der Waals surface area (Å²) < 4.78 is 21.6. The Hall–Kier alpha value is -1.25. The molecule has 4 amide bonds. The van der Waals surface area contributed by atoms with Crippen LogP contribution in [0.25, 0.3) is 0 Å². The molecule has 9 heteroatoms. The van der Waals surface area contributed by atoms with E-state index in [2.05, 4.69) is 0 Å². The average Bonchev–Trinajstić information content (AvgIpc) is 1.82. The number of urea groups is 2. The van der Waals surface area contributed by atoms with E-state index in [4.69, 9.17) is 0 Å². The fourth-order valence-corrected chi connectivity index (χ4v) is 1.31. The van der Waals surface area contributed by atoms with Crippen molar-refractivity contribution in [2.75, 3.05) is 6.26 Å². The Morgan fingerprint density at radius 3 is 1.92 bits per heavy atom.